The van der Waals surface area contributed by atoms with E-state index in [1.807, 2.05) is 0 Å². The van der Waals surface area contributed by atoms with Crippen molar-refractivity contribution in [3.63, 3.8) is 0 Å². The Hall–Kier alpha value is -2.02. The van der Waals surface area contributed by atoms with Gasteiger partial charge in [0.1, 0.15) is 0 Å². The molecule has 4 nitrogen and oxygen atoms in total. The van der Waals surface area contributed by atoms with Crippen molar-refractivity contribution in [1.82, 2.24) is 0 Å². The molecule has 74 valence electrons. The molecule has 0 aromatic heterocycles. The van der Waals surface area contributed by atoms with E-state index in [-0.39, 0.29) is 0 Å². The Labute approximate surface area is 82.4 Å². The van der Waals surface area contributed by atoms with Gasteiger partial charge in [0.15, 0.2) is 0 Å². The number of carbonyl (C=O) groups is 1. The summed E-state index contributed by atoms with van der Waals surface area (Å²) < 4.78 is 4.14. The Balaban J connectivity index is 0.000000292. The van der Waals surface area contributed by atoms with E-state index in [0.29, 0.717) is 12.2 Å². The lowest BCUT2D eigenvalue weighted by atomic mass is 10.2. The molecule has 0 amide bonds. The predicted molar refractivity (Wildman–Crippen MR) is 50.6 cm³/mol. The highest BCUT2D eigenvalue weighted by Crippen LogP contribution is 1.96. The molecular weight excluding hydrogens is 182 g/mol. The van der Waals surface area contributed by atoms with E-state index in [0.717, 1.165) is 0 Å². The fraction of sp³-hybridized carbons (Fsp3) is 0.200. The van der Waals surface area contributed by atoms with Gasteiger partial charge in [0, 0.05) is 0 Å². The van der Waals surface area contributed by atoms with Crippen molar-refractivity contribution in [3.05, 3.63) is 35.9 Å². The smallest absolute Gasteiger partial charge is 0.335 e. The molecule has 1 aromatic rings. The molecule has 0 bridgehead atoms. The minimum absolute atomic E-state index is 0.331. The number of hydrogen-bond acceptors (Lipinski definition) is 3. The predicted octanol–water partition coefficient (Wildman–Crippen LogP) is 1.89. The van der Waals surface area contributed by atoms with Crippen LogP contribution in [0.5, 0.6) is 0 Å². The van der Waals surface area contributed by atoms with Gasteiger partial charge in [-0.05, 0) is 19.1 Å². The molecule has 1 rings (SSSR count). The van der Waals surface area contributed by atoms with Crippen molar-refractivity contribution in [2.75, 3.05) is 6.61 Å². The third-order valence-electron chi connectivity index (χ3n) is 1.23. The number of ether oxygens (including phenoxy) is 1. The second kappa shape index (κ2) is 7.62. The normalized spacial score (nSPS) is 7.71. The Morgan fingerprint density at radius 3 is 2.29 bits per heavy atom. The quantitative estimate of drug-likeness (QED) is 0.728. The number of aromatic carboxylic acids is 1. The van der Waals surface area contributed by atoms with Gasteiger partial charge < -0.3 is 9.84 Å². The summed E-state index contributed by atoms with van der Waals surface area (Å²) in [7, 11) is 0. The molecule has 1 N–H and O–H groups in total. The van der Waals surface area contributed by atoms with Gasteiger partial charge in [0.25, 0.3) is 6.26 Å². The second-order valence-electron chi connectivity index (χ2n) is 2.20. The summed E-state index contributed by atoms with van der Waals surface area (Å²) in [4.78, 5) is 10.2. The number of hydrogen-bond donors (Lipinski definition) is 1. The minimum Gasteiger partial charge on any atom is -0.478 e. The van der Waals surface area contributed by atoms with Crippen LogP contribution >= 0.6 is 0 Å². The van der Waals surface area contributed by atoms with Crippen molar-refractivity contribution in [1.29, 1.82) is 5.26 Å². The van der Waals surface area contributed by atoms with Gasteiger partial charge in [0.05, 0.1) is 12.2 Å². The number of nitrogens with zero attached hydrogens (tertiary/aromatic N) is 1. The van der Waals surface area contributed by atoms with Gasteiger partial charge in [-0.2, -0.15) is 5.26 Å². The standard InChI is InChI=1S/C7H6O2.C3H5NO/c8-7(9)6-4-2-1-3-5-6;1-2-5-3-4/h1-5H,(H,8,9);2H2,1H3. The summed E-state index contributed by atoms with van der Waals surface area (Å²) in [5.41, 5.74) is 0.331. The topological polar surface area (TPSA) is 70.3 Å². The summed E-state index contributed by atoms with van der Waals surface area (Å²) in [6.45, 7) is 2.25. The monoisotopic (exact) mass is 193 g/mol. The molecule has 0 radical (unpaired) electrons. The van der Waals surface area contributed by atoms with Crippen molar-refractivity contribution in [2.45, 2.75) is 6.92 Å². The maximum Gasteiger partial charge on any atom is 0.335 e. The van der Waals surface area contributed by atoms with Crippen LogP contribution in [0.2, 0.25) is 0 Å². The Bertz CT molecular complexity index is 303. The van der Waals surface area contributed by atoms with Crippen LogP contribution in [-0.4, -0.2) is 17.7 Å². The van der Waals surface area contributed by atoms with Crippen LogP contribution < -0.4 is 0 Å². The number of nitriles is 1. The van der Waals surface area contributed by atoms with Crippen LogP contribution in [0.25, 0.3) is 0 Å². The molecule has 0 aliphatic carbocycles. The Morgan fingerprint density at radius 2 is 2.07 bits per heavy atom. The summed E-state index contributed by atoms with van der Waals surface area (Å²) in [6.07, 6.45) is 1.52. The van der Waals surface area contributed by atoms with E-state index in [2.05, 4.69) is 4.74 Å². The first-order valence-electron chi connectivity index (χ1n) is 4.01. The molecule has 0 spiro atoms. The molecule has 0 aliphatic heterocycles. The maximum absolute atomic E-state index is 10.2. The van der Waals surface area contributed by atoms with Gasteiger partial charge in [-0.15, -0.1) is 0 Å². The van der Waals surface area contributed by atoms with Gasteiger partial charge in [0.2, 0.25) is 0 Å². The zero-order chi connectivity index (χ0) is 10.8. The highest BCUT2D eigenvalue weighted by atomic mass is 16.5. The SMILES string of the molecule is CCOC#N.O=C(O)c1ccccc1. The highest BCUT2D eigenvalue weighted by molar-refractivity contribution is 5.87. The molecule has 0 atom stereocenters. The molecule has 0 unspecified atom stereocenters. The number of carboxylic acids is 1. The molecular formula is C10H11NO3. The first kappa shape index (κ1) is 12.0. The van der Waals surface area contributed by atoms with Gasteiger partial charge >= 0.3 is 5.97 Å². The lowest BCUT2D eigenvalue weighted by Gasteiger charge is -1.88. The fourth-order valence-corrected chi connectivity index (χ4v) is 0.645. The first-order chi connectivity index (χ1) is 6.72. The fourth-order valence-electron chi connectivity index (χ4n) is 0.645. The van der Waals surface area contributed by atoms with Crippen molar-refractivity contribution < 1.29 is 14.6 Å². The molecule has 0 saturated carbocycles. The Morgan fingerprint density at radius 1 is 1.50 bits per heavy atom. The largest absolute Gasteiger partial charge is 0.478 e. The Kier molecular flexibility index (Phi) is 6.52. The lowest BCUT2D eigenvalue weighted by molar-refractivity contribution is 0.0697. The van der Waals surface area contributed by atoms with Crippen LogP contribution in [0.1, 0.15) is 17.3 Å². The molecule has 0 fully saturated rings. The average molecular weight is 193 g/mol. The van der Waals surface area contributed by atoms with Crippen LogP contribution in [0, 0.1) is 11.5 Å². The summed E-state index contributed by atoms with van der Waals surface area (Å²) in [5.74, 6) is -0.879. The van der Waals surface area contributed by atoms with Gasteiger partial charge in [-0.25, -0.2) is 4.79 Å². The molecule has 0 saturated heterocycles. The third-order valence-corrected chi connectivity index (χ3v) is 1.23. The van der Waals surface area contributed by atoms with E-state index < -0.39 is 5.97 Å². The molecule has 14 heavy (non-hydrogen) atoms. The van der Waals surface area contributed by atoms with E-state index in [9.17, 15) is 4.79 Å². The zero-order valence-corrected chi connectivity index (χ0v) is 7.80. The summed E-state index contributed by atoms with van der Waals surface area (Å²) in [5, 5.41) is 16.0. The van der Waals surface area contributed by atoms with Crippen molar-refractivity contribution >= 4 is 5.97 Å². The van der Waals surface area contributed by atoms with Crippen LogP contribution in [0.4, 0.5) is 0 Å². The molecule has 0 heterocycles. The maximum atomic E-state index is 10.2. The highest BCUT2D eigenvalue weighted by Gasteiger charge is 1.96. The van der Waals surface area contributed by atoms with Crippen LogP contribution in [0.15, 0.2) is 30.3 Å². The first-order valence-corrected chi connectivity index (χ1v) is 4.01. The number of carboxylic acid groups (broad SMARTS) is 1. The van der Waals surface area contributed by atoms with Crippen molar-refractivity contribution in [2.24, 2.45) is 0 Å². The van der Waals surface area contributed by atoms with Crippen LogP contribution in [-0.2, 0) is 4.74 Å². The average Bonchev–Trinajstić information content (AvgIpc) is 2.21. The molecule has 4 heteroatoms. The second-order valence-corrected chi connectivity index (χ2v) is 2.20. The van der Waals surface area contributed by atoms with Crippen molar-refractivity contribution in [3.8, 4) is 6.26 Å². The van der Waals surface area contributed by atoms with Gasteiger partial charge in [-0.1, -0.05) is 18.2 Å². The van der Waals surface area contributed by atoms with E-state index in [4.69, 9.17) is 10.4 Å². The summed E-state index contributed by atoms with van der Waals surface area (Å²) >= 11 is 0. The third kappa shape index (κ3) is 5.61. The van der Waals surface area contributed by atoms with Crippen LogP contribution in [0.3, 0.4) is 0 Å². The van der Waals surface area contributed by atoms with E-state index in [1.54, 1.807) is 37.3 Å². The van der Waals surface area contributed by atoms with Gasteiger partial charge in [-0.3, -0.25) is 0 Å². The summed E-state index contributed by atoms with van der Waals surface area (Å²) in [6, 6.07) is 8.30. The molecule has 1 aromatic carbocycles. The van der Waals surface area contributed by atoms with E-state index >= 15 is 0 Å². The number of benzene rings is 1. The molecule has 0 aliphatic rings. The zero-order valence-electron chi connectivity index (χ0n) is 7.80. The minimum atomic E-state index is -0.879. The number of rotatable bonds is 2. The van der Waals surface area contributed by atoms with E-state index in [1.165, 1.54) is 6.26 Å². The lowest BCUT2D eigenvalue weighted by Crippen LogP contribution is -1.93.